The molecule has 0 aliphatic heterocycles. The smallest absolute Gasteiger partial charge is 0.143 e. The molecule has 10 aromatic rings. The summed E-state index contributed by atoms with van der Waals surface area (Å²) in [4.78, 5) is 0. The Bertz CT molecular complexity index is 3020. The number of rotatable bonds is 4. The fraction of sp³-hybridized carbons (Fsp3) is 0.0182. The minimum atomic E-state index is -0.538. The van der Waals surface area contributed by atoms with Crippen LogP contribution in [-0.4, -0.2) is 0 Å². The van der Waals surface area contributed by atoms with Gasteiger partial charge in [-0.05, 0) is 102 Å². The first kappa shape index (κ1) is 31.2. The third kappa shape index (κ3) is 4.37. The largest absolute Gasteiger partial charge is 0.455 e. The monoisotopic (exact) mass is 710 g/mol. The van der Waals surface area contributed by atoms with Crippen LogP contribution >= 0.6 is 0 Å². The number of furan rings is 1. The Morgan fingerprint density at radius 3 is 1.34 bits per heavy atom. The van der Waals surface area contributed by atoms with E-state index >= 15 is 0 Å². The topological polar surface area (TPSA) is 13.1 Å². The van der Waals surface area contributed by atoms with Crippen LogP contribution < -0.4 is 0 Å². The molecule has 1 aromatic heterocycles. The summed E-state index contributed by atoms with van der Waals surface area (Å²) in [6.45, 7) is 0. The molecule has 0 saturated carbocycles. The molecule has 0 atom stereocenters. The number of para-hydroxylation sites is 1. The predicted molar refractivity (Wildman–Crippen MR) is 232 cm³/mol. The highest BCUT2D eigenvalue weighted by Gasteiger charge is 2.52. The zero-order valence-corrected chi connectivity index (χ0v) is 30.5. The second-order valence-electron chi connectivity index (χ2n) is 15.2. The molecule has 0 fully saturated rings. The first-order valence-electron chi connectivity index (χ1n) is 19.4. The van der Waals surface area contributed by atoms with Gasteiger partial charge in [-0.3, -0.25) is 0 Å². The third-order valence-electron chi connectivity index (χ3n) is 12.3. The molecule has 0 radical (unpaired) electrons. The van der Waals surface area contributed by atoms with E-state index in [0.717, 1.165) is 21.9 Å². The number of hydrogen-bond donors (Lipinski definition) is 0. The van der Waals surface area contributed by atoms with Crippen LogP contribution in [0.25, 0.3) is 88.7 Å². The molecule has 56 heavy (non-hydrogen) atoms. The average molecular weight is 711 g/mol. The average Bonchev–Trinajstić information content (AvgIpc) is 3.91. The van der Waals surface area contributed by atoms with E-state index in [1.165, 1.54) is 89.0 Å². The van der Waals surface area contributed by atoms with Crippen LogP contribution in [0.2, 0.25) is 0 Å². The molecule has 1 heterocycles. The van der Waals surface area contributed by atoms with Crippen LogP contribution in [0.4, 0.5) is 0 Å². The van der Waals surface area contributed by atoms with Crippen molar-refractivity contribution in [3.8, 4) is 66.8 Å². The summed E-state index contributed by atoms with van der Waals surface area (Å²) in [6.07, 6.45) is 0. The third-order valence-corrected chi connectivity index (χ3v) is 12.3. The van der Waals surface area contributed by atoms with E-state index in [9.17, 15) is 0 Å². The predicted octanol–water partition coefficient (Wildman–Crippen LogP) is 14.6. The minimum absolute atomic E-state index is 0.538. The number of fused-ring (bicyclic) bond motifs is 14. The zero-order valence-electron chi connectivity index (χ0n) is 30.5. The molecule has 12 rings (SSSR count). The second-order valence-corrected chi connectivity index (χ2v) is 15.2. The lowest BCUT2D eigenvalue weighted by Crippen LogP contribution is -2.26. The molecule has 260 valence electrons. The summed E-state index contributed by atoms with van der Waals surface area (Å²) in [5, 5.41) is 2.31. The van der Waals surface area contributed by atoms with Gasteiger partial charge in [-0.1, -0.05) is 188 Å². The SMILES string of the molecule is c1ccc(-c2ccc(-c3ccc4c(c3)C3(c5cc(-c6ccc(-c7ccccc7)cc6)ccc5-4)c4ccccc4-c4c3ccc3c4oc4ccccc43)cc2)cc1. The molecule has 0 saturated heterocycles. The van der Waals surface area contributed by atoms with Crippen molar-refractivity contribution in [3.63, 3.8) is 0 Å². The Labute approximate surface area is 325 Å². The van der Waals surface area contributed by atoms with Gasteiger partial charge in [0.2, 0.25) is 0 Å². The van der Waals surface area contributed by atoms with Crippen LogP contribution in [-0.2, 0) is 5.41 Å². The van der Waals surface area contributed by atoms with Crippen molar-refractivity contribution < 1.29 is 4.42 Å². The van der Waals surface area contributed by atoms with Crippen LogP contribution in [0.5, 0.6) is 0 Å². The molecule has 1 heteroatoms. The lowest BCUT2D eigenvalue weighted by molar-refractivity contribution is 0.669. The molecule has 2 aliphatic rings. The van der Waals surface area contributed by atoms with Crippen molar-refractivity contribution in [2.24, 2.45) is 0 Å². The van der Waals surface area contributed by atoms with E-state index in [2.05, 4.69) is 206 Å². The molecule has 0 N–H and O–H groups in total. The Morgan fingerprint density at radius 1 is 0.286 bits per heavy atom. The molecule has 2 aliphatic carbocycles. The first-order chi connectivity index (χ1) is 27.8. The van der Waals surface area contributed by atoms with Gasteiger partial charge in [0.25, 0.3) is 0 Å². The second kappa shape index (κ2) is 11.9. The number of benzene rings is 9. The molecule has 1 spiro atoms. The van der Waals surface area contributed by atoms with Gasteiger partial charge >= 0.3 is 0 Å². The molecule has 0 amide bonds. The van der Waals surface area contributed by atoms with Crippen LogP contribution in [0.3, 0.4) is 0 Å². The maximum absolute atomic E-state index is 6.81. The molecular formula is C55H34O. The molecule has 9 aromatic carbocycles. The number of hydrogen-bond acceptors (Lipinski definition) is 1. The standard InChI is InChI=1S/C55H34O/c1-3-11-35(12-4-1)37-19-23-39(24-20-37)41-27-29-43-44-30-28-42(40-25-21-38(22-26-40)36-13-5-2-6-14-36)34-51(44)55(50(43)33-41)48-17-9-7-16-47(48)53-49(55)32-31-46-45-15-8-10-18-52(45)56-54(46)53/h1-34H. The molecule has 0 bridgehead atoms. The van der Waals surface area contributed by atoms with Crippen LogP contribution in [0, 0.1) is 0 Å². The summed E-state index contributed by atoms with van der Waals surface area (Å²) in [6, 6.07) is 75.7. The summed E-state index contributed by atoms with van der Waals surface area (Å²) in [7, 11) is 0. The summed E-state index contributed by atoms with van der Waals surface area (Å²) in [5.41, 5.74) is 21.3. The van der Waals surface area contributed by atoms with E-state index in [-0.39, 0.29) is 0 Å². The van der Waals surface area contributed by atoms with Gasteiger partial charge in [-0.2, -0.15) is 0 Å². The van der Waals surface area contributed by atoms with E-state index < -0.39 is 5.41 Å². The summed E-state index contributed by atoms with van der Waals surface area (Å²) in [5.74, 6) is 0. The van der Waals surface area contributed by atoms with E-state index in [1.807, 2.05) is 0 Å². The highest BCUT2D eigenvalue weighted by Crippen LogP contribution is 2.64. The Kier molecular flexibility index (Phi) is 6.62. The van der Waals surface area contributed by atoms with Crippen LogP contribution in [0.1, 0.15) is 22.3 Å². The van der Waals surface area contributed by atoms with Gasteiger partial charge in [-0.15, -0.1) is 0 Å². The van der Waals surface area contributed by atoms with Crippen molar-refractivity contribution in [2.75, 3.05) is 0 Å². The summed E-state index contributed by atoms with van der Waals surface area (Å²) < 4.78 is 6.81. The normalized spacial score (nSPS) is 13.1. The Morgan fingerprint density at radius 2 is 0.750 bits per heavy atom. The van der Waals surface area contributed by atoms with Gasteiger partial charge in [0.1, 0.15) is 11.2 Å². The fourth-order valence-electron chi connectivity index (χ4n) is 9.78. The van der Waals surface area contributed by atoms with Crippen molar-refractivity contribution in [3.05, 3.63) is 229 Å². The first-order valence-corrected chi connectivity index (χ1v) is 19.4. The zero-order chi connectivity index (χ0) is 36.8. The molecular weight excluding hydrogens is 677 g/mol. The maximum atomic E-state index is 6.81. The van der Waals surface area contributed by atoms with E-state index in [4.69, 9.17) is 4.42 Å². The Balaban J connectivity index is 1.10. The lowest BCUT2D eigenvalue weighted by atomic mass is 9.70. The van der Waals surface area contributed by atoms with Gasteiger partial charge in [0.05, 0.1) is 5.41 Å². The molecule has 0 unspecified atom stereocenters. The van der Waals surface area contributed by atoms with Gasteiger partial charge in [0, 0.05) is 16.3 Å². The lowest BCUT2D eigenvalue weighted by Gasteiger charge is -2.31. The van der Waals surface area contributed by atoms with Crippen molar-refractivity contribution in [1.82, 2.24) is 0 Å². The fourth-order valence-corrected chi connectivity index (χ4v) is 9.78. The van der Waals surface area contributed by atoms with Crippen LogP contribution in [0.15, 0.2) is 211 Å². The summed E-state index contributed by atoms with van der Waals surface area (Å²) >= 11 is 0. The van der Waals surface area contributed by atoms with Crippen molar-refractivity contribution in [2.45, 2.75) is 5.41 Å². The van der Waals surface area contributed by atoms with Gasteiger partial charge < -0.3 is 4.42 Å². The quantitative estimate of drug-likeness (QED) is 0.177. The van der Waals surface area contributed by atoms with Gasteiger partial charge in [0.15, 0.2) is 0 Å². The highest BCUT2D eigenvalue weighted by molar-refractivity contribution is 6.13. The van der Waals surface area contributed by atoms with Crippen molar-refractivity contribution >= 4 is 21.9 Å². The Hall–Kier alpha value is -7.22. The van der Waals surface area contributed by atoms with E-state index in [1.54, 1.807) is 0 Å². The molecule has 1 nitrogen and oxygen atoms in total. The van der Waals surface area contributed by atoms with E-state index in [0.29, 0.717) is 0 Å². The minimum Gasteiger partial charge on any atom is -0.455 e. The van der Waals surface area contributed by atoms with Gasteiger partial charge in [-0.25, -0.2) is 0 Å². The van der Waals surface area contributed by atoms with Crippen molar-refractivity contribution in [1.29, 1.82) is 0 Å². The maximum Gasteiger partial charge on any atom is 0.143 e. The highest BCUT2D eigenvalue weighted by atomic mass is 16.3.